The van der Waals surface area contributed by atoms with Gasteiger partial charge in [-0.2, -0.15) is 0 Å². The van der Waals surface area contributed by atoms with Crippen molar-refractivity contribution in [2.45, 2.75) is 37.1 Å². The fourth-order valence-electron chi connectivity index (χ4n) is 1.77. The summed E-state index contributed by atoms with van der Waals surface area (Å²) < 4.78 is -0.228. The van der Waals surface area contributed by atoms with E-state index >= 15 is 0 Å². The molecule has 1 saturated carbocycles. The lowest BCUT2D eigenvalue weighted by Gasteiger charge is -2.45. The normalized spacial score (nSPS) is 33.8. The van der Waals surface area contributed by atoms with Crippen LogP contribution in [0.3, 0.4) is 0 Å². The third-order valence-electron chi connectivity index (χ3n) is 2.45. The van der Waals surface area contributed by atoms with E-state index in [9.17, 15) is 5.21 Å². The van der Waals surface area contributed by atoms with Gasteiger partial charge in [0.25, 0.3) is 0 Å². The van der Waals surface area contributed by atoms with Gasteiger partial charge in [0.05, 0.1) is 19.5 Å². The molecule has 1 aliphatic carbocycles. The van der Waals surface area contributed by atoms with E-state index in [1.165, 1.54) is 6.42 Å². The van der Waals surface area contributed by atoms with Crippen molar-refractivity contribution in [3.63, 3.8) is 0 Å². The molecular weight excluding hydrogens is 162 g/mol. The predicted octanol–water partition coefficient (Wildman–Crippen LogP) is 2.11. The van der Waals surface area contributed by atoms with Gasteiger partial charge in [-0.15, -0.1) is 11.6 Å². The van der Waals surface area contributed by atoms with Gasteiger partial charge in [0.1, 0.15) is 6.04 Å². The molecule has 2 atom stereocenters. The van der Waals surface area contributed by atoms with Crippen molar-refractivity contribution in [1.29, 1.82) is 0 Å². The molecule has 2 nitrogen and oxygen atoms in total. The van der Waals surface area contributed by atoms with E-state index in [2.05, 4.69) is 0 Å². The van der Waals surface area contributed by atoms with Crippen LogP contribution in [0.1, 0.15) is 25.7 Å². The Morgan fingerprint density at radius 1 is 1.27 bits per heavy atom. The number of halogens is 1. The van der Waals surface area contributed by atoms with Crippen LogP contribution in [-0.2, 0) is 0 Å². The van der Waals surface area contributed by atoms with Crippen LogP contribution in [0, 0.1) is 5.21 Å². The zero-order valence-electron chi connectivity index (χ0n) is 7.22. The SMILES string of the molecule is C[N+](C)([O-])C1CCCCC1Cl. The lowest BCUT2D eigenvalue weighted by atomic mass is 9.94. The molecule has 0 N–H and O–H groups in total. The molecule has 0 amide bonds. The van der Waals surface area contributed by atoms with Crippen LogP contribution in [-0.4, -0.2) is 30.2 Å². The third kappa shape index (κ3) is 2.32. The molecule has 0 saturated heterocycles. The Morgan fingerprint density at radius 2 is 1.82 bits per heavy atom. The summed E-state index contributed by atoms with van der Waals surface area (Å²) in [6, 6.07) is 0.116. The highest BCUT2D eigenvalue weighted by molar-refractivity contribution is 6.21. The standard InChI is InChI=1S/C8H16ClNO/c1-10(2,11)8-6-4-3-5-7(8)9/h7-8H,3-6H2,1-2H3. The van der Waals surface area contributed by atoms with Crippen molar-refractivity contribution in [3.8, 4) is 0 Å². The van der Waals surface area contributed by atoms with E-state index < -0.39 is 0 Å². The van der Waals surface area contributed by atoms with Crippen molar-refractivity contribution >= 4 is 11.6 Å². The molecule has 3 heteroatoms. The van der Waals surface area contributed by atoms with Crippen molar-refractivity contribution in [2.24, 2.45) is 0 Å². The minimum Gasteiger partial charge on any atom is -0.633 e. The molecule has 0 aliphatic heterocycles. The van der Waals surface area contributed by atoms with Crippen LogP contribution in [0.2, 0.25) is 0 Å². The van der Waals surface area contributed by atoms with E-state index in [0.717, 1.165) is 19.3 Å². The van der Waals surface area contributed by atoms with Crippen LogP contribution in [0.4, 0.5) is 0 Å². The molecule has 1 fully saturated rings. The second kappa shape index (κ2) is 3.30. The number of nitrogens with zero attached hydrogens (tertiary/aromatic N) is 1. The molecule has 1 aliphatic rings. The first-order valence-corrected chi connectivity index (χ1v) is 4.64. The van der Waals surface area contributed by atoms with E-state index in [4.69, 9.17) is 11.6 Å². The Morgan fingerprint density at radius 3 is 2.18 bits per heavy atom. The summed E-state index contributed by atoms with van der Waals surface area (Å²) in [4.78, 5) is 0. The largest absolute Gasteiger partial charge is 0.633 e. The highest BCUT2D eigenvalue weighted by atomic mass is 35.5. The Hall–Kier alpha value is 0.210. The average Bonchev–Trinajstić information content (AvgIpc) is 1.86. The monoisotopic (exact) mass is 177 g/mol. The smallest absolute Gasteiger partial charge is 0.105 e. The first-order valence-electron chi connectivity index (χ1n) is 4.20. The van der Waals surface area contributed by atoms with E-state index in [1.54, 1.807) is 14.1 Å². The number of rotatable bonds is 1. The lowest BCUT2D eigenvalue weighted by Crippen LogP contribution is -2.49. The van der Waals surface area contributed by atoms with Crippen LogP contribution >= 0.6 is 11.6 Å². The number of hydrogen-bond acceptors (Lipinski definition) is 1. The van der Waals surface area contributed by atoms with E-state index in [0.29, 0.717) is 0 Å². The summed E-state index contributed by atoms with van der Waals surface area (Å²) in [5.41, 5.74) is 0. The molecule has 0 heterocycles. The molecule has 1 rings (SSSR count). The van der Waals surface area contributed by atoms with Gasteiger partial charge in [-0.1, -0.05) is 6.42 Å². The van der Waals surface area contributed by atoms with Crippen LogP contribution in [0.25, 0.3) is 0 Å². The second-order valence-electron chi connectivity index (χ2n) is 3.80. The van der Waals surface area contributed by atoms with E-state index in [-0.39, 0.29) is 16.1 Å². The molecule has 0 radical (unpaired) electrons. The molecular formula is C8H16ClNO. The van der Waals surface area contributed by atoms with Gasteiger partial charge >= 0.3 is 0 Å². The van der Waals surface area contributed by atoms with Gasteiger partial charge in [0.2, 0.25) is 0 Å². The maximum atomic E-state index is 11.5. The van der Waals surface area contributed by atoms with Gasteiger partial charge in [0.15, 0.2) is 0 Å². The minimum absolute atomic E-state index is 0.0937. The van der Waals surface area contributed by atoms with Gasteiger partial charge in [-0.3, -0.25) is 0 Å². The Labute approximate surface area is 73.3 Å². The zero-order valence-corrected chi connectivity index (χ0v) is 7.97. The number of hydrogen-bond donors (Lipinski definition) is 0. The number of hydroxylamine groups is 3. The molecule has 0 aromatic carbocycles. The van der Waals surface area contributed by atoms with Gasteiger partial charge in [-0.05, 0) is 12.8 Å². The van der Waals surface area contributed by atoms with Crippen LogP contribution in [0.5, 0.6) is 0 Å². The molecule has 2 unspecified atom stereocenters. The summed E-state index contributed by atoms with van der Waals surface area (Å²) in [6.07, 6.45) is 4.35. The summed E-state index contributed by atoms with van der Waals surface area (Å²) in [5, 5.41) is 11.6. The number of quaternary nitrogens is 1. The Kier molecular flexibility index (Phi) is 2.79. The summed E-state index contributed by atoms with van der Waals surface area (Å²) in [7, 11) is 3.37. The Bertz CT molecular complexity index is 133. The lowest BCUT2D eigenvalue weighted by molar-refractivity contribution is -0.867. The van der Waals surface area contributed by atoms with Crippen LogP contribution in [0.15, 0.2) is 0 Å². The summed E-state index contributed by atoms with van der Waals surface area (Å²) in [6.45, 7) is 0. The zero-order chi connectivity index (χ0) is 8.48. The third-order valence-corrected chi connectivity index (χ3v) is 2.96. The fraction of sp³-hybridized carbons (Fsp3) is 1.00. The maximum Gasteiger partial charge on any atom is 0.105 e. The van der Waals surface area contributed by atoms with Gasteiger partial charge < -0.3 is 9.85 Å². The quantitative estimate of drug-likeness (QED) is 0.342. The highest BCUT2D eigenvalue weighted by Gasteiger charge is 2.31. The molecule has 0 spiro atoms. The highest BCUT2D eigenvalue weighted by Crippen LogP contribution is 2.28. The molecule has 66 valence electrons. The van der Waals surface area contributed by atoms with Crippen molar-refractivity contribution < 1.29 is 4.65 Å². The van der Waals surface area contributed by atoms with Crippen molar-refractivity contribution in [3.05, 3.63) is 5.21 Å². The molecule has 0 aromatic rings. The second-order valence-corrected chi connectivity index (χ2v) is 4.36. The first-order chi connectivity index (χ1) is 5.02. The predicted molar refractivity (Wildman–Crippen MR) is 47.4 cm³/mol. The summed E-state index contributed by atoms with van der Waals surface area (Å²) >= 11 is 6.05. The maximum absolute atomic E-state index is 11.5. The van der Waals surface area contributed by atoms with Crippen LogP contribution < -0.4 is 0 Å². The van der Waals surface area contributed by atoms with Crippen molar-refractivity contribution in [2.75, 3.05) is 14.1 Å². The average molecular weight is 178 g/mol. The molecule has 0 bridgehead atoms. The Balaban J connectivity index is 2.55. The minimum atomic E-state index is -0.228. The molecule has 11 heavy (non-hydrogen) atoms. The fourth-order valence-corrected chi connectivity index (χ4v) is 2.32. The van der Waals surface area contributed by atoms with Gasteiger partial charge in [0, 0.05) is 6.42 Å². The van der Waals surface area contributed by atoms with Gasteiger partial charge in [-0.25, -0.2) is 0 Å². The first kappa shape index (κ1) is 9.30. The number of alkyl halides is 1. The van der Waals surface area contributed by atoms with Crippen molar-refractivity contribution in [1.82, 2.24) is 0 Å². The summed E-state index contributed by atoms with van der Waals surface area (Å²) in [5.74, 6) is 0. The van der Waals surface area contributed by atoms with E-state index in [1.807, 2.05) is 0 Å². The topological polar surface area (TPSA) is 23.1 Å². The molecule has 0 aromatic heterocycles.